The molecule has 0 radical (unpaired) electrons. The van der Waals surface area contributed by atoms with Gasteiger partial charge in [-0.2, -0.15) is 0 Å². The van der Waals surface area contributed by atoms with Crippen LogP contribution < -0.4 is 15.4 Å². The lowest BCUT2D eigenvalue weighted by Crippen LogP contribution is -2.41. The molecule has 2 aromatic rings. The second-order valence-electron chi connectivity index (χ2n) is 4.18. The fourth-order valence-corrected chi connectivity index (χ4v) is 2.02. The van der Waals surface area contributed by atoms with Crippen LogP contribution in [0.5, 0.6) is 5.75 Å². The molecule has 0 aliphatic carbocycles. The number of rotatable bonds is 2. The molecular weight excluding hydrogens is 280 g/mol. The average Bonchev–Trinajstić information content (AvgIpc) is 2.47. The van der Waals surface area contributed by atoms with Gasteiger partial charge in [-0.05, 0) is 29.8 Å². The molecule has 0 saturated heterocycles. The van der Waals surface area contributed by atoms with E-state index in [0.717, 1.165) is 5.69 Å². The summed E-state index contributed by atoms with van der Waals surface area (Å²) in [6, 6.07) is 9.02. The molecular formula is C13H11ClN4O2. The molecule has 1 aliphatic heterocycles. The van der Waals surface area contributed by atoms with E-state index in [4.69, 9.17) is 16.3 Å². The highest BCUT2D eigenvalue weighted by molar-refractivity contribution is 6.28. The number of hydrogen-bond acceptors (Lipinski definition) is 5. The van der Waals surface area contributed by atoms with E-state index in [0.29, 0.717) is 18.1 Å². The van der Waals surface area contributed by atoms with Crippen molar-refractivity contribution < 1.29 is 9.53 Å². The molecule has 1 aromatic heterocycles. The van der Waals surface area contributed by atoms with E-state index in [2.05, 4.69) is 20.6 Å². The first-order valence-corrected chi connectivity index (χ1v) is 6.39. The average molecular weight is 291 g/mol. The van der Waals surface area contributed by atoms with Gasteiger partial charge in [0, 0.05) is 6.20 Å². The monoisotopic (exact) mass is 290 g/mol. The van der Waals surface area contributed by atoms with Crippen LogP contribution in [0, 0.1) is 0 Å². The molecule has 0 spiro atoms. The highest BCUT2D eigenvalue weighted by atomic mass is 35.5. The maximum absolute atomic E-state index is 12.1. The quantitative estimate of drug-likeness (QED) is 0.827. The molecule has 0 bridgehead atoms. The van der Waals surface area contributed by atoms with E-state index in [1.54, 1.807) is 6.07 Å². The summed E-state index contributed by atoms with van der Waals surface area (Å²) in [5.41, 5.74) is 0.877. The van der Waals surface area contributed by atoms with Gasteiger partial charge in [0.15, 0.2) is 6.10 Å². The van der Waals surface area contributed by atoms with Crippen molar-refractivity contribution in [1.29, 1.82) is 0 Å². The number of para-hydroxylation sites is 2. The molecule has 2 N–H and O–H groups in total. The fourth-order valence-electron chi connectivity index (χ4n) is 1.87. The van der Waals surface area contributed by atoms with Gasteiger partial charge < -0.3 is 15.4 Å². The molecule has 20 heavy (non-hydrogen) atoms. The largest absolute Gasteiger partial charge is 0.477 e. The summed E-state index contributed by atoms with van der Waals surface area (Å²) in [5.74, 6) is 0.707. The van der Waals surface area contributed by atoms with Crippen LogP contribution in [0.4, 0.5) is 11.5 Å². The van der Waals surface area contributed by atoms with Gasteiger partial charge in [-0.1, -0.05) is 12.1 Å². The van der Waals surface area contributed by atoms with Crippen LogP contribution in [0.15, 0.2) is 36.5 Å². The Balaban J connectivity index is 1.70. The normalized spacial score (nSPS) is 16.6. The number of benzene rings is 1. The zero-order chi connectivity index (χ0) is 13.9. The number of ether oxygens (including phenoxy) is 1. The smallest absolute Gasteiger partial charge is 0.268 e. The van der Waals surface area contributed by atoms with Crippen LogP contribution in [0.25, 0.3) is 0 Å². The SMILES string of the molecule is O=C(Nc1ccnc(Cl)n1)C1CNc2ccccc2O1. The minimum atomic E-state index is -0.626. The predicted octanol–water partition coefficient (Wildman–Crippen LogP) is 1.94. The molecule has 0 fully saturated rings. The van der Waals surface area contributed by atoms with E-state index in [-0.39, 0.29) is 11.2 Å². The Morgan fingerprint density at radius 2 is 2.25 bits per heavy atom. The van der Waals surface area contributed by atoms with Crippen LogP contribution in [-0.2, 0) is 4.79 Å². The van der Waals surface area contributed by atoms with Crippen molar-refractivity contribution in [2.75, 3.05) is 17.2 Å². The lowest BCUT2D eigenvalue weighted by atomic mass is 10.2. The Bertz CT molecular complexity index is 650. The van der Waals surface area contributed by atoms with Gasteiger partial charge in [-0.3, -0.25) is 4.79 Å². The highest BCUT2D eigenvalue weighted by Gasteiger charge is 2.25. The summed E-state index contributed by atoms with van der Waals surface area (Å²) in [7, 11) is 0. The molecule has 2 heterocycles. The number of hydrogen-bond donors (Lipinski definition) is 2. The topological polar surface area (TPSA) is 76.1 Å². The van der Waals surface area contributed by atoms with Gasteiger partial charge >= 0.3 is 0 Å². The van der Waals surface area contributed by atoms with Crippen LogP contribution in [0.1, 0.15) is 0 Å². The minimum absolute atomic E-state index is 0.0795. The fraction of sp³-hybridized carbons (Fsp3) is 0.154. The van der Waals surface area contributed by atoms with Crippen molar-refractivity contribution >= 4 is 29.0 Å². The Morgan fingerprint density at radius 3 is 3.10 bits per heavy atom. The van der Waals surface area contributed by atoms with E-state index in [9.17, 15) is 4.79 Å². The molecule has 0 saturated carbocycles. The molecule has 102 valence electrons. The lowest BCUT2D eigenvalue weighted by Gasteiger charge is -2.26. The number of carbonyl (C=O) groups is 1. The molecule has 1 unspecified atom stereocenters. The molecule has 6 nitrogen and oxygen atoms in total. The van der Waals surface area contributed by atoms with Gasteiger partial charge in [-0.25, -0.2) is 9.97 Å². The lowest BCUT2D eigenvalue weighted by molar-refractivity contribution is -0.122. The zero-order valence-corrected chi connectivity index (χ0v) is 11.1. The Hall–Kier alpha value is -2.34. The maximum Gasteiger partial charge on any atom is 0.268 e. The number of aromatic nitrogens is 2. The summed E-state index contributed by atoms with van der Waals surface area (Å²) < 4.78 is 5.65. The number of halogens is 1. The van der Waals surface area contributed by atoms with Crippen molar-refractivity contribution in [2.45, 2.75) is 6.10 Å². The third-order valence-corrected chi connectivity index (χ3v) is 2.99. The van der Waals surface area contributed by atoms with Crippen molar-refractivity contribution in [3.05, 3.63) is 41.8 Å². The van der Waals surface area contributed by atoms with Crippen molar-refractivity contribution in [2.24, 2.45) is 0 Å². The van der Waals surface area contributed by atoms with Gasteiger partial charge in [-0.15, -0.1) is 0 Å². The van der Waals surface area contributed by atoms with Crippen molar-refractivity contribution in [1.82, 2.24) is 9.97 Å². The number of fused-ring (bicyclic) bond motifs is 1. The van der Waals surface area contributed by atoms with Crippen LogP contribution in [0.3, 0.4) is 0 Å². The van der Waals surface area contributed by atoms with Crippen molar-refractivity contribution in [3.8, 4) is 5.75 Å². The molecule has 7 heteroatoms. The zero-order valence-electron chi connectivity index (χ0n) is 10.3. The summed E-state index contributed by atoms with van der Waals surface area (Å²) in [5, 5.41) is 5.87. The molecule has 1 aliphatic rings. The first kappa shape index (κ1) is 12.7. The van der Waals surface area contributed by atoms with Gasteiger partial charge in [0.25, 0.3) is 5.91 Å². The van der Waals surface area contributed by atoms with Gasteiger partial charge in [0.2, 0.25) is 5.28 Å². The highest BCUT2D eigenvalue weighted by Crippen LogP contribution is 2.28. The number of nitrogens with one attached hydrogen (secondary N) is 2. The predicted molar refractivity (Wildman–Crippen MR) is 75.0 cm³/mol. The standard InChI is InChI=1S/C13H11ClN4O2/c14-13-15-6-5-11(18-13)17-12(19)10-7-16-8-3-1-2-4-9(8)20-10/h1-6,10,16H,7H2,(H,15,17,18,19). The van der Waals surface area contributed by atoms with Gasteiger partial charge in [0.1, 0.15) is 11.6 Å². The molecule has 1 atom stereocenters. The van der Waals surface area contributed by atoms with Gasteiger partial charge in [0.05, 0.1) is 12.2 Å². The Morgan fingerprint density at radius 1 is 1.40 bits per heavy atom. The third-order valence-electron chi connectivity index (χ3n) is 2.80. The van der Waals surface area contributed by atoms with Crippen LogP contribution in [-0.4, -0.2) is 28.5 Å². The molecule has 1 amide bonds. The first-order valence-electron chi connectivity index (χ1n) is 6.01. The second-order valence-corrected chi connectivity index (χ2v) is 4.52. The second kappa shape index (κ2) is 5.34. The number of amides is 1. The Labute approximate surface area is 120 Å². The molecule has 1 aromatic carbocycles. The van der Waals surface area contributed by atoms with E-state index >= 15 is 0 Å². The summed E-state index contributed by atoms with van der Waals surface area (Å²) in [6.45, 7) is 0.391. The summed E-state index contributed by atoms with van der Waals surface area (Å²) in [4.78, 5) is 19.8. The Kier molecular flexibility index (Phi) is 3.39. The number of anilines is 2. The maximum atomic E-state index is 12.1. The molecule has 3 rings (SSSR count). The summed E-state index contributed by atoms with van der Waals surface area (Å²) in [6.07, 6.45) is 0.846. The van der Waals surface area contributed by atoms with Crippen LogP contribution >= 0.6 is 11.6 Å². The van der Waals surface area contributed by atoms with Crippen LogP contribution in [0.2, 0.25) is 5.28 Å². The van der Waals surface area contributed by atoms with E-state index in [1.165, 1.54) is 6.20 Å². The number of nitrogens with zero attached hydrogens (tertiary/aromatic N) is 2. The van der Waals surface area contributed by atoms with Crippen molar-refractivity contribution in [3.63, 3.8) is 0 Å². The van der Waals surface area contributed by atoms with E-state index < -0.39 is 6.10 Å². The third kappa shape index (κ3) is 2.65. The first-order chi connectivity index (χ1) is 9.72. The van der Waals surface area contributed by atoms with E-state index in [1.807, 2.05) is 24.3 Å². The number of carbonyl (C=O) groups excluding carboxylic acids is 1. The minimum Gasteiger partial charge on any atom is -0.477 e. The summed E-state index contributed by atoms with van der Waals surface area (Å²) >= 11 is 5.66.